The minimum absolute atomic E-state index is 0.00674. The van der Waals surface area contributed by atoms with Gasteiger partial charge in [0.05, 0.1) is 18.2 Å². The number of rotatable bonds is 8. The summed E-state index contributed by atoms with van der Waals surface area (Å²) in [5.41, 5.74) is 1.85. The molecule has 0 bridgehead atoms. The van der Waals surface area contributed by atoms with Crippen LogP contribution in [0.1, 0.15) is 22.7 Å². The number of amides is 1. The number of ketones is 1. The first-order chi connectivity index (χ1) is 16.5. The molecular weight excluding hydrogens is 439 g/mol. The smallest absolute Gasteiger partial charge is 0.295 e. The molecule has 1 amide bonds. The second-order valence-corrected chi connectivity index (χ2v) is 7.71. The van der Waals surface area contributed by atoms with Gasteiger partial charge in [-0.1, -0.05) is 24.3 Å². The number of aromatic nitrogens is 1. The number of Topliss-reactive ketones (excluding diaryl/α,β-unsaturated/α-hetero) is 1. The van der Waals surface area contributed by atoms with Crippen LogP contribution in [0.2, 0.25) is 0 Å². The fourth-order valence-electron chi connectivity index (χ4n) is 3.81. The Bertz CT molecular complexity index is 1190. The number of pyridine rings is 1. The summed E-state index contributed by atoms with van der Waals surface area (Å²) in [6, 6.07) is 15.3. The van der Waals surface area contributed by atoms with Gasteiger partial charge in [0.1, 0.15) is 23.9 Å². The van der Waals surface area contributed by atoms with Crippen molar-refractivity contribution in [3.05, 3.63) is 101 Å². The van der Waals surface area contributed by atoms with Gasteiger partial charge in [-0.3, -0.25) is 14.6 Å². The Kier molecular flexibility index (Phi) is 6.98. The molecule has 174 valence electrons. The maximum atomic E-state index is 13.1. The third-order valence-electron chi connectivity index (χ3n) is 5.54. The number of methoxy groups -OCH3 is 1. The third kappa shape index (κ3) is 4.82. The van der Waals surface area contributed by atoms with Crippen LogP contribution in [0.4, 0.5) is 4.39 Å². The number of ether oxygens (including phenoxy) is 2. The van der Waals surface area contributed by atoms with E-state index in [0.717, 1.165) is 5.56 Å². The number of benzene rings is 2. The number of aliphatic hydroxyl groups excluding tert-OH is 1. The van der Waals surface area contributed by atoms with E-state index in [4.69, 9.17) is 9.47 Å². The van der Waals surface area contributed by atoms with Crippen molar-refractivity contribution in [1.82, 2.24) is 9.88 Å². The number of carbonyl (C=O) groups excluding carboxylic acids is 2. The highest BCUT2D eigenvalue weighted by Crippen LogP contribution is 2.39. The van der Waals surface area contributed by atoms with Crippen molar-refractivity contribution in [2.75, 3.05) is 20.3 Å². The van der Waals surface area contributed by atoms with Gasteiger partial charge in [-0.2, -0.15) is 0 Å². The lowest BCUT2D eigenvalue weighted by molar-refractivity contribution is -0.140. The van der Waals surface area contributed by atoms with Crippen LogP contribution in [-0.4, -0.2) is 46.9 Å². The largest absolute Gasteiger partial charge is 0.507 e. The lowest BCUT2D eigenvalue weighted by Crippen LogP contribution is -2.32. The highest BCUT2D eigenvalue weighted by Gasteiger charge is 2.45. The molecule has 1 fully saturated rings. The maximum absolute atomic E-state index is 13.1. The third-order valence-corrected chi connectivity index (χ3v) is 5.54. The molecule has 0 radical (unpaired) electrons. The Balaban J connectivity index is 1.64. The number of nitrogens with zero attached hydrogens (tertiary/aromatic N) is 2. The Morgan fingerprint density at radius 2 is 1.71 bits per heavy atom. The number of likely N-dealkylation sites (tertiary alicyclic amines) is 1. The molecule has 0 aliphatic carbocycles. The maximum Gasteiger partial charge on any atom is 0.295 e. The van der Waals surface area contributed by atoms with E-state index in [1.165, 1.54) is 36.5 Å². The van der Waals surface area contributed by atoms with Crippen LogP contribution in [0.25, 0.3) is 5.76 Å². The summed E-state index contributed by atoms with van der Waals surface area (Å²) in [4.78, 5) is 31.0. The van der Waals surface area contributed by atoms with Crippen molar-refractivity contribution in [3.63, 3.8) is 0 Å². The van der Waals surface area contributed by atoms with E-state index in [9.17, 15) is 19.1 Å². The Hall–Kier alpha value is -4.04. The molecular formula is C26H23FN2O5. The molecule has 1 unspecified atom stereocenters. The molecule has 0 spiro atoms. The minimum atomic E-state index is -0.783. The van der Waals surface area contributed by atoms with Crippen molar-refractivity contribution in [3.8, 4) is 5.75 Å². The fraction of sp³-hybridized carbons (Fsp3) is 0.192. The van der Waals surface area contributed by atoms with Gasteiger partial charge in [-0.15, -0.1) is 0 Å². The summed E-state index contributed by atoms with van der Waals surface area (Å²) in [7, 11) is 1.51. The number of hydrogen-bond donors (Lipinski definition) is 1. The van der Waals surface area contributed by atoms with Crippen LogP contribution >= 0.6 is 0 Å². The van der Waals surface area contributed by atoms with Crippen molar-refractivity contribution in [1.29, 1.82) is 0 Å². The molecule has 2 heterocycles. The molecule has 7 nitrogen and oxygen atoms in total. The van der Waals surface area contributed by atoms with Gasteiger partial charge in [0.25, 0.3) is 11.7 Å². The summed E-state index contributed by atoms with van der Waals surface area (Å²) < 4.78 is 24.0. The molecule has 8 heteroatoms. The van der Waals surface area contributed by atoms with E-state index in [1.807, 2.05) is 0 Å². The van der Waals surface area contributed by atoms with Crippen LogP contribution in [-0.2, 0) is 20.9 Å². The van der Waals surface area contributed by atoms with Crippen LogP contribution in [0, 0.1) is 5.82 Å². The average Bonchev–Trinajstić information content (AvgIpc) is 3.12. The van der Waals surface area contributed by atoms with Crippen molar-refractivity contribution in [2.45, 2.75) is 12.6 Å². The van der Waals surface area contributed by atoms with Crippen molar-refractivity contribution >= 4 is 17.4 Å². The molecule has 1 aliphatic heterocycles. The van der Waals surface area contributed by atoms with Gasteiger partial charge >= 0.3 is 0 Å². The zero-order valence-electron chi connectivity index (χ0n) is 18.5. The normalized spacial score (nSPS) is 17.2. The first-order valence-corrected chi connectivity index (χ1v) is 10.6. The van der Waals surface area contributed by atoms with Crippen LogP contribution < -0.4 is 4.74 Å². The Morgan fingerprint density at radius 3 is 2.35 bits per heavy atom. The zero-order chi connectivity index (χ0) is 24.1. The second kappa shape index (κ2) is 10.3. The van der Waals surface area contributed by atoms with Gasteiger partial charge < -0.3 is 19.5 Å². The molecule has 1 N–H and O–H groups in total. The van der Waals surface area contributed by atoms with Gasteiger partial charge in [-0.25, -0.2) is 4.39 Å². The Labute approximate surface area is 196 Å². The zero-order valence-corrected chi connectivity index (χ0v) is 18.5. The predicted octanol–water partition coefficient (Wildman–Crippen LogP) is 3.87. The number of aliphatic hydroxyl groups is 1. The van der Waals surface area contributed by atoms with E-state index in [2.05, 4.69) is 4.98 Å². The summed E-state index contributed by atoms with van der Waals surface area (Å²) in [5, 5.41) is 10.9. The van der Waals surface area contributed by atoms with Crippen LogP contribution in [0.3, 0.4) is 0 Å². The SMILES string of the molecule is COCCN1C(=O)C(=O)/C(=C(\O)c2ccncc2)C1c1ccc(OCc2ccc(F)cc2)cc1. The van der Waals surface area contributed by atoms with Crippen molar-refractivity contribution < 1.29 is 28.6 Å². The molecule has 34 heavy (non-hydrogen) atoms. The topological polar surface area (TPSA) is 89.0 Å². The monoisotopic (exact) mass is 462 g/mol. The Morgan fingerprint density at radius 1 is 1.03 bits per heavy atom. The standard InChI is InChI=1S/C26H23FN2O5/c1-33-15-14-29-23(22(25(31)26(29)32)24(30)19-10-12-28-13-11-19)18-4-8-21(9-5-18)34-16-17-2-6-20(27)7-3-17/h2-13,23,30H,14-16H2,1H3/b24-22-. The highest BCUT2D eigenvalue weighted by atomic mass is 19.1. The lowest BCUT2D eigenvalue weighted by Gasteiger charge is -2.25. The average molecular weight is 462 g/mol. The van der Waals surface area contributed by atoms with E-state index < -0.39 is 17.7 Å². The molecule has 1 aliphatic rings. The van der Waals surface area contributed by atoms with E-state index >= 15 is 0 Å². The molecule has 1 saturated heterocycles. The van der Waals surface area contributed by atoms with Gasteiger partial charge in [0.2, 0.25) is 0 Å². The van der Waals surface area contributed by atoms with Crippen LogP contribution in [0.5, 0.6) is 5.75 Å². The molecule has 1 aromatic heterocycles. The summed E-state index contributed by atoms with van der Waals surface area (Å²) in [5.74, 6) is -1.47. The summed E-state index contributed by atoms with van der Waals surface area (Å²) in [6.45, 7) is 0.674. The van der Waals surface area contributed by atoms with Gasteiger partial charge in [0, 0.05) is 31.6 Å². The highest BCUT2D eigenvalue weighted by molar-refractivity contribution is 6.46. The number of hydrogen-bond acceptors (Lipinski definition) is 6. The second-order valence-electron chi connectivity index (χ2n) is 7.71. The number of carbonyl (C=O) groups is 2. The quantitative estimate of drug-likeness (QED) is 0.311. The molecule has 2 aromatic carbocycles. The minimum Gasteiger partial charge on any atom is -0.507 e. The molecule has 0 saturated carbocycles. The van der Waals surface area contributed by atoms with Gasteiger partial charge in [0.15, 0.2) is 0 Å². The predicted molar refractivity (Wildman–Crippen MR) is 122 cm³/mol. The van der Waals surface area contributed by atoms with Crippen molar-refractivity contribution in [2.24, 2.45) is 0 Å². The van der Waals surface area contributed by atoms with E-state index in [0.29, 0.717) is 16.9 Å². The molecule has 3 aromatic rings. The van der Waals surface area contributed by atoms with E-state index in [1.54, 1.807) is 48.5 Å². The fourth-order valence-corrected chi connectivity index (χ4v) is 3.81. The van der Waals surface area contributed by atoms with Crippen LogP contribution in [0.15, 0.2) is 78.6 Å². The first kappa shape index (κ1) is 23.1. The number of halogens is 1. The first-order valence-electron chi connectivity index (χ1n) is 10.6. The lowest BCUT2D eigenvalue weighted by atomic mass is 9.95. The molecule has 1 atom stereocenters. The summed E-state index contributed by atoms with van der Waals surface area (Å²) in [6.07, 6.45) is 3.00. The van der Waals surface area contributed by atoms with Gasteiger partial charge in [-0.05, 0) is 47.5 Å². The van der Waals surface area contributed by atoms with E-state index in [-0.39, 0.29) is 36.9 Å². The molecule has 4 rings (SSSR count). The summed E-state index contributed by atoms with van der Waals surface area (Å²) >= 11 is 0.